The average molecular weight is 414 g/mol. The van der Waals surface area contributed by atoms with Gasteiger partial charge < -0.3 is 9.47 Å². The van der Waals surface area contributed by atoms with Crippen LogP contribution in [-0.2, 0) is 14.3 Å². The summed E-state index contributed by atoms with van der Waals surface area (Å²) in [4.78, 5) is 23.2. The molecule has 24 heavy (non-hydrogen) atoms. The number of rotatable bonds is 7. The monoisotopic (exact) mass is 412 g/mol. The second-order valence-corrected chi connectivity index (χ2v) is 6.83. The molecule has 1 aromatic rings. The number of ether oxygens (including phenoxy) is 2. The molecule has 8 heteroatoms. The van der Waals surface area contributed by atoms with Crippen LogP contribution in [0.4, 0.5) is 0 Å². The van der Waals surface area contributed by atoms with E-state index in [1.54, 1.807) is 0 Å². The molecule has 0 amide bonds. The summed E-state index contributed by atoms with van der Waals surface area (Å²) in [6.45, 7) is 4.45. The molecule has 0 spiro atoms. The molecule has 1 aromatic carbocycles. The Labute approximate surface area is 160 Å². The summed E-state index contributed by atoms with van der Waals surface area (Å²) < 4.78 is 9.93. The Morgan fingerprint density at radius 3 is 2.29 bits per heavy atom. The molecule has 0 atom stereocenters. The van der Waals surface area contributed by atoms with Gasteiger partial charge in [-0.05, 0) is 24.8 Å². The largest absolute Gasteiger partial charge is 0.463 e. The number of hydrogen-bond donors (Lipinski definition) is 0. The van der Waals surface area contributed by atoms with Crippen molar-refractivity contribution in [3.05, 3.63) is 38.3 Å². The van der Waals surface area contributed by atoms with Crippen LogP contribution in [0.2, 0.25) is 20.1 Å². The smallest absolute Gasteiger partial charge is 0.336 e. The molecule has 0 unspecified atom stereocenters. The fourth-order valence-electron chi connectivity index (χ4n) is 1.63. The molecule has 0 aliphatic rings. The molecule has 0 aliphatic carbocycles. The highest BCUT2D eigenvalue weighted by Crippen LogP contribution is 2.42. The first-order valence-electron chi connectivity index (χ1n) is 7.12. The maximum Gasteiger partial charge on any atom is 0.336 e. The van der Waals surface area contributed by atoms with E-state index in [4.69, 9.17) is 55.9 Å². The minimum absolute atomic E-state index is 0.0130. The van der Waals surface area contributed by atoms with Crippen molar-refractivity contribution in [1.82, 2.24) is 0 Å². The van der Waals surface area contributed by atoms with Crippen molar-refractivity contribution in [2.75, 3.05) is 6.61 Å². The molecular formula is C16H16Cl4O4. The number of carbonyl (C=O) groups is 2. The minimum Gasteiger partial charge on any atom is -0.463 e. The van der Waals surface area contributed by atoms with Gasteiger partial charge in [-0.1, -0.05) is 60.3 Å². The van der Waals surface area contributed by atoms with Crippen molar-refractivity contribution >= 4 is 58.3 Å². The van der Waals surface area contributed by atoms with Crippen molar-refractivity contribution in [2.45, 2.75) is 26.7 Å². The molecule has 132 valence electrons. The summed E-state index contributed by atoms with van der Waals surface area (Å²) in [5, 5.41) is 0.0747. The average Bonchev–Trinajstić information content (AvgIpc) is 2.51. The molecule has 0 saturated carbocycles. The highest BCUT2D eigenvalue weighted by molar-refractivity contribution is 6.50. The first-order valence-corrected chi connectivity index (χ1v) is 8.63. The van der Waals surface area contributed by atoms with E-state index in [-0.39, 0.29) is 25.8 Å². The standard InChI is InChI=1S/C16H16Cl4O4/c1-9(2)4-3-7-23-12(21)5-6-13(22)24-16-11(18)8-10(17)14(19)15(16)20/h5-6,8-9H,3-4,7H2,1-2H3/b6-5+. The van der Waals surface area contributed by atoms with Gasteiger partial charge in [0, 0.05) is 12.2 Å². The summed E-state index contributed by atoms with van der Waals surface area (Å²) >= 11 is 23.5. The molecule has 1 rings (SSSR count). The zero-order chi connectivity index (χ0) is 18.3. The van der Waals surface area contributed by atoms with E-state index in [9.17, 15) is 9.59 Å². The van der Waals surface area contributed by atoms with Gasteiger partial charge in [0.25, 0.3) is 0 Å². The van der Waals surface area contributed by atoms with Crippen LogP contribution in [0.3, 0.4) is 0 Å². The second-order valence-electron chi connectivity index (χ2n) is 5.26. The number of esters is 2. The molecule has 0 N–H and O–H groups in total. The van der Waals surface area contributed by atoms with E-state index in [1.807, 2.05) is 0 Å². The van der Waals surface area contributed by atoms with Crippen LogP contribution in [0, 0.1) is 5.92 Å². The van der Waals surface area contributed by atoms with E-state index in [0.29, 0.717) is 12.5 Å². The zero-order valence-electron chi connectivity index (χ0n) is 13.1. The third kappa shape index (κ3) is 6.89. The molecule has 0 fully saturated rings. The van der Waals surface area contributed by atoms with Crippen molar-refractivity contribution in [1.29, 1.82) is 0 Å². The predicted molar refractivity (Wildman–Crippen MR) is 96.3 cm³/mol. The minimum atomic E-state index is -0.851. The van der Waals surface area contributed by atoms with Gasteiger partial charge in [0.15, 0.2) is 5.75 Å². The van der Waals surface area contributed by atoms with Gasteiger partial charge >= 0.3 is 11.9 Å². The van der Waals surface area contributed by atoms with Crippen LogP contribution < -0.4 is 4.74 Å². The maximum absolute atomic E-state index is 11.7. The normalized spacial score (nSPS) is 11.1. The highest BCUT2D eigenvalue weighted by atomic mass is 35.5. The summed E-state index contributed by atoms with van der Waals surface area (Å²) in [7, 11) is 0. The quantitative estimate of drug-likeness (QED) is 0.143. The zero-order valence-corrected chi connectivity index (χ0v) is 16.1. The summed E-state index contributed by atoms with van der Waals surface area (Å²) in [5.74, 6) is -1.08. The third-order valence-corrected chi connectivity index (χ3v) is 4.33. The Balaban J connectivity index is 2.58. The van der Waals surface area contributed by atoms with E-state index in [2.05, 4.69) is 13.8 Å². The predicted octanol–water partition coefficient (Wildman–Crippen LogP) is 5.74. The van der Waals surface area contributed by atoms with Gasteiger partial charge in [-0.25, -0.2) is 9.59 Å². The third-order valence-electron chi connectivity index (χ3n) is 2.80. The number of benzene rings is 1. The molecule has 0 aromatic heterocycles. The topological polar surface area (TPSA) is 52.6 Å². The van der Waals surface area contributed by atoms with Crippen molar-refractivity contribution in [3.8, 4) is 5.75 Å². The molecule has 0 heterocycles. The van der Waals surface area contributed by atoms with Crippen molar-refractivity contribution < 1.29 is 19.1 Å². The Bertz CT molecular complexity index is 641. The van der Waals surface area contributed by atoms with Crippen LogP contribution in [-0.4, -0.2) is 18.5 Å². The lowest BCUT2D eigenvalue weighted by molar-refractivity contribution is -0.138. The molecule has 0 bridgehead atoms. The first kappa shape index (κ1) is 21.1. The van der Waals surface area contributed by atoms with Gasteiger partial charge in [-0.3, -0.25) is 0 Å². The molecule has 0 radical (unpaired) electrons. The second kappa shape index (κ2) is 10.1. The van der Waals surface area contributed by atoms with E-state index in [1.165, 1.54) is 6.07 Å². The van der Waals surface area contributed by atoms with Crippen LogP contribution >= 0.6 is 46.4 Å². The Morgan fingerprint density at radius 2 is 1.67 bits per heavy atom. The van der Waals surface area contributed by atoms with Crippen LogP contribution in [0.5, 0.6) is 5.75 Å². The lowest BCUT2D eigenvalue weighted by Crippen LogP contribution is -2.08. The Hall–Kier alpha value is -0.940. The van der Waals surface area contributed by atoms with Crippen LogP contribution in [0.15, 0.2) is 18.2 Å². The fraction of sp³-hybridized carbons (Fsp3) is 0.375. The summed E-state index contributed by atoms with van der Waals surface area (Å²) in [5.41, 5.74) is 0. The lowest BCUT2D eigenvalue weighted by atomic mass is 10.1. The SMILES string of the molecule is CC(C)CCCOC(=O)/C=C/C(=O)Oc1c(Cl)cc(Cl)c(Cl)c1Cl. The lowest BCUT2D eigenvalue weighted by Gasteiger charge is -2.09. The van der Waals surface area contributed by atoms with Gasteiger partial charge in [0.05, 0.1) is 21.7 Å². The molecular weight excluding hydrogens is 398 g/mol. The molecule has 4 nitrogen and oxygen atoms in total. The van der Waals surface area contributed by atoms with Gasteiger partial charge in [0.2, 0.25) is 0 Å². The number of hydrogen-bond acceptors (Lipinski definition) is 4. The summed E-state index contributed by atoms with van der Waals surface area (Å²) in [6.07, 6.45) is 3.60. The number of halogens is 4. The van der Waals surface area contributed by atoms with Crippen molar-refractivity contribution in [2.24, 2.45) is 5.92 Å². The van der Waals surface area contributed by atoms with E-state index in [0.717, 1.165) is 25.0 Å². The molecule has 0 saturated heterocycles. The van der Waals surface area contributed by atoms with Gasteiger partial charge in [-0.15, -0.1) is 0 Å². The molecule has 0 aliphatic heterocycles. The van der Waals surface area contributed by atoms with Crippen LogP contribution in [0.1, 0.15) is 26.7 Å². The van der Waals surface area contributed by atoms with Gasteiger partial charge in [0.1, 0.15) is 5.02 Å². The van der Waals surface area contributed by atoms with Crippen LogP contribution in [0.25, 0.3) is 0 Å². The fourth-order valence-corrected chi connectivity index (χ4v) is 2.61. The van der Waals surface area contributed by atoms with Crippen molar-refractivity contribution in [3.63, 3.8) is 0 Å². The number of carbonyl (C=O) groups excluding carboxylic acids is 2. The highest BCUT2D eigenvalue weighted by Gasteiger charge is 2.17. The van der Waals surface area contributed by atoms with E-state index < -0.39 is 11.9 Å². The maximum atomic E-state index is 11.7. The first-order chi connectivity index (χ1) is 11.2. The van der Waals surface area contributed by atoms with Gasteiger partial charge in [-0.2, -0.15) is 0 Å². The summed E-state index contributed by atoms with van der Waals surface area (Å²) in [6, 6.07) is 1.30. The van der Waals surface area contributed by atoms with E-state index >= 15 is 0 Å². The Morgan fingerprint density at radius 1 is 1.04 bits per heavy atom. The Kier molecular flexibility index (Phi) is 8.92.